The van der Waals surface area contributed by atoms with Crippen LogP contribution >= 0.6 is 11.8 Å². The van der Waals surface area contributed by atoms with Gasteiger partial charge in [-0.25, -0.2) is 0 Å². The average Bonchev–Trinajstić information content (AvgIpc) is 3.30. The molecule has 0 spiro atoms. The third kappa shape index (κ3) is 5.81. The number of benzene rings is 2. The Labute approximate surface area is 207 Å². The third-order valence-corrected chi connectivity index (χ3v) is 6.48. The van der Waals surface area contributed by atoms with E-state index in [1.54, 1.807) is 12.4 Å². The van der Waals surface area contributed by atoms with Crippen molar-refractivity contribution in [2.45, 2.75) is 18.1 Å². The molecule has 8 nitrogen and oxygen atoms in total. The van der Waals surface area contributed by atoms with Gasteiger partial charge in [0.1, 0.15) is 13.2 Å². The van der Waals surface area contributed by atoms with Gasteiger partial charge in [0.05, 0.1) is 12.3 Å². The van der Waals surface area contributed by atoms with Crippen LogP contribution in [0.15, 0.2) is 78.2 Å². The number of thioether (sulfide) groups is 1. The molecule has 0 radical (unpaired) electrons. The second-order valence-electron chi connectivity index (χ2n) is 7.98. The van der Waals surface area contributed by atoms with Gasteiger partial charge in [0.2, 0.25) is 5.91 Å². The van der Waals surface area contributed by atoms with Gasteiger partial charge in [-0.05, 0) is 41.8 Å². The summed E-state index contributed by atoms with van der Waals surface area (Å²) in [6.07, 6.45) is 4.18. The van der Waals surface area contributed by atoms with E-state index in [0.717, 1.165) is 34.0 Å². The van der Waals surface area contributed by atoms with Crippen LogP contribution in [0.4, 0.5) is 0 Å². The Balaban J connectivity index is 1.20. The van der Waals surface area contributed by atoms with Gasteiger partial charge in [0.15, 0.2) is 22.5 Å². The number of carbonyl (C=O) groups excluding carboxylic acids is 1. The Morgan fingerprint density at radius 2 is 1.74 bits per heavy atom. The van der Waals surface area contributed by atoms with Crippen LogP contribution in [-0.4, -0.2) is 51.2 Å². The second kappa shape index (κ2) is 11.1. The quantitative estimate of drug-likeness (QED) is 0.361. The lowest BCUT2D eigenvalue weighted by Crippen LogP contribution is -2.27. The van der Waals surface area contributed by atoms with Crippen molar-refractivity contribution in [2.24, 2.45) is 0 Å². The zero-order valence-electron chi connectivity index (χ0n) is 19.1. The number of pyridine rings is 1. The normalized spacial score (nSPS) is 12.3. The predicted molar refractivity (Wildman–Crippen MR) is 134 cm³/mol. The lowest BCUT2D eigenvalue weighted by Gasteiger charge is -2.18. The first-order chi connectivity index (χ1) is 17.3. The van der Waals surface area contributed by atoms with Gasteiger partial charge in [-0.3, -0.25) is 14.3 Å². The van der Waals surface area contributed by atoms with Crippen molar-refractivity contribution >= 4 is 17.7 Å². The number of fused-ring (bicyclic) bond motifs is 1. The van der Waals surface area contributed by atoms with E-state index >= 15 is 0 Å². The summed E-state index contributed by atoms with van der Waals surface area (Å²) in [5, 5.41) is 12.5. The SMILES string of the molecule is O=C(CSc1nnc(-c2ccncc2)n1Cc1ccccc1)NCCc1ccc2c(c1)OCCO2. The molecule has 0 unspecified atom stereocenters. The minimum atomic E-state index is -0.0488. The van der Waals surface area contributed by atoms with Gasteiger partial charge < -0.3 is 14.8 Å². The van der Waals surface area contributed by atoms with Gasteiger partial charge in [-0.2, -0.15) is 0 Å². The van der Waals surface area contributed by atoms with Crippen molar-refractivity contribution in [3.8, 4) is 22.9 Å². The molecule has 4 aromatic rings. The van der Waals surface area contributed by atoms with Gasteiger partial charge in [-0.15, -0.1) is 10.2 Å². The van der Waals surface area contributed by atoms with Gasteiger partial charge in [-0.1, -0.05) is 48.2 Å². The summed E-state index contributed by atoms with van der Waals surface area (Å²) in [5.41, 5.74) is 3.15. The Kier molecular flexibility index (Phi) is 7.24. The maximum atomic E-state index is 12.5. The molecule has 2 aromatic heterocycles. The molecule has 0 atom stereocenters. The summed E-state index contributed by atoms with van der Waals surface area (Å²) >= 11 is 1.38. The number of amides is 1. The van der Waals surface area contributed by atoms with E-state index in [4.69, 9.17) is 9.47 Å². The number of hydrogen-bond donors (Lipinski definition) is 1. The van der Waals surface area contributed by atoms with E-state index < -0.39 is 0 Å². The van der Waals surface area contributed by atoms with Crippen molar-refractivity contribution in [3.63, 3.8) is 0 Å². The summed E-state index contributed by atoms with van der Waals surface area (Å²) in [4.78, 5) is 16.6. The summed E-state index contributed by atoms with van der Waals surface area (Å²) < 4.78 is 13.2. The summed E-state index contributed by atoms with van der Waals surface area (Å²) in [5.74, 6) is 2.49. The maximum absolute atomic E-state index is 12.5. The number of rotatable bonds is 9. The molecule has 1 aliphatic heterocycles. The fraction of sp³-hybridized carbons (Fsp3) is 0.231. The highest BCUT2D eigenvalue weighted by Gasteiger charge is 2.16. The molecular weight excluding hydrogens is 462 g/mol. The number of carbonyl (C=O) groups is 1. The van der Waals surface area contributed by atoms with E-state index in [-0.39, 0.29) is 11.7 Å². The predicted octanol–water partition coefficient (Wildman–Crippen LogP) is 3.61. The molecule has 0 aliphatic carbocycles. The molecule has 1 aliphatic rings. The van der Waals surface area contributed by atoms with Gasteiger partial charge >= 0.3 is 0 Å². The molecule has 5 rings (SSSR count). The van der Waals surface area contributed by atoms with Crippen LogP contribution in [0.1, 0.15) is 11.1 Å². The molecule has 35 heavy (non-hydrogen) atoms. The Morgan fingerprint density at radius 1 is 0.943 bits per heavy atom. The zero-order chi connectivity index (χ0) is 23.9. The van der Waals surface area contributed by atoms with E-state index in [0.29, 0.717) is 37.9 Å². The first kappa shape index (κ1) is 22.9. The minimum absolute atomic E-state index is 0.0488. The van der Waals surface area contributed by atoms with Crippen LogP contribution in [-0.2, 0) is 17.8 Å². The van der Waals surface area contributed by atoms with Crippen LogP contribution < -0.4 is 14.8 Å². The average molecular weight is 488 g/mol. The highest BCUT2D eigenvalue weighted by Crippen LogP contribution is 2.30. The smallest absolute Gasteiger partial charge is 0.230 e. The largest absolute Gasteiger partial charge is 0.486 e. The first-order valence-electron chi connectivity index (χ1n) is 11.4. The first-order valence-corrected chi connectivity index (χ1v) is 12.4. The maximum Gasteiger partial charge on any atom is 0.230 e. The van der Waals surface area contributed by atoms with Crippen molar-refractivity contribution in [2.75, 3.05) is 25.5 Å². The van der Waals surface area contributed by atoms with Crippen LogP contribution in [0.5, 0.6) is 11.5 Å². The number of nitrogens with zero attached hydrogens (tertiary/aromatic N) is 4. The number of nitrogens with one attached hydrogen (secondary N) is 1. The fourth-order valence-corrected chi connectivity index (χ4v) is 4.56. The molecule has 0 saturated carbocycles. The molecular formula is C26H25N5O3S. The third-order valence-electron chi connectivity index (χ3n) is 5.51. The van der Waals surface area contributed by atoms with Crippen molar-refractivity contribution in [3.05, 3.63) is 84.2 Å². The highest BCUT2D eigenvalue weighted by molar-refractivity contribution is 7.99. The lowest BCUT2D eigenvalue weighted by atomic mass is 10.1. The van der Waals surface area contributed by atoms with Crippen LogP contribution in [0.2, 0.25) is 0 Å². The van der Waals surface area contributed by atoms with Crippen molar-refractivity contribution < 1.29 is 14.3 Å². The molecule has 0 fully saturated rings. The monoisotopic (exact) mass is 487 g/mol. The summed E-state index contributed by atoms with van der Waals surface area (Å²) in [7, 11) is 0. The van der Waals surface area contributed by atoms with Crippen molar-refractivity contribution in [1.29, 1.82) is 0 Å². The molecule has 1 amide bonds. The van der Waals surface area contributed by atoms with Crippen molar-refractivity contribution in [1.82, 2.24) is 25.1 Å². The standard InChI is InChI=1S/C26H25N5O3S/c32-24(28-13-8-19-6-7-22-23(16-19)34-15-14-33-22)18-35-26-30-29-25(21-9-11-27-12-10-21)31(26)17-20-4-2-1-3-5-20/h1-7,9-12,16H,8,13-15,17-18H2,(H,28,32). The number of ether oxygens (including phenoxy) is 2. The van der Waals surface area contributed by atoms with Gasteiger partial charge in [0.25, 0.3) is 0 Å². The topological polar surface area (TPSA) is 91.2 Å². The Morgan fingerprint density at radius 3 is 2.57 bits per heavy atom. The van der Waals surface area contributed by atoms with E-state index in [2.05, 4.69) is 32.6 Å². The molecule has 3 heterocycles. The summed E-state index contributed by atoms with van der Waals surface area (Å²) in [6, 6.07) is 19.8. The highest BCUT2D eigenvalue weighted by atomic mass is 32.2. The van der Waals surface area contributed by atoms with Gasteiger partial charge in [0, 0.05) is 24.5 Å². The van der Waals surface area contributed by atoms with E-state index in [1.807, 2.05) is 53.1 Å². The van der Waals surface area contributed by atoms with Crippen LogP contribution in [0.25, 0.3) is 11.4 Å². The second-order valence-corrected chi connectivity index (χ2v) is 8.92. The lowest BCUT2D eigenvalue weighted by molar-refractivity contribution is -0.118. The number of hydrogen-bond acceptors (Lipinski definition) is 7. The minimum Gasteiger partial charge on any atom is -0.486 e. The molecule has 178 valence electrons. The Hall–Kier alpha value is -3.85. The zero-order valence-corrected chi connectivity index (χ0v) is 19.9. The molecule has 0 bridgehead atoms. The molecule has 2 aromatic carbocycles. The van der Waals surface area contributed by atoms with Crippen LogP contribution in [0, 0.1) is 0 Å². The fourth-order valence-electron chi connectivity index (χ4n) is 3.79. The van der Waals surface area contributed by atoms with E-state index in [9.17, 15) is 4.79 Å². The number of aromatic nitrogens is 4. The summed E-state index contributed by atoms with van der Waals surface area (Å²) in [6.45, 7) is 2.28. The Bertz CT molecular complexity index is 1280. The van der Waals surface area contributed by atoms with Crippen LogP contribution in [0.3, 0.4) is 0 Å². The molecule has 9 heteroatoms. The molecule has 1 N–H and O–H groups in total. The molecule has 0 saturated heterocycles. The van der Waals surface area contributed by atoms with E-state index in [1.165, 1.54) is 11.8 Å².